The summed E-state index contributed by atoms with van der Waals surface area (Å²) in [7, 11) is -2.21. The summed E-state index contributed by atoms with van der Waals surface area (Å²) in [5.74, 6) is 0.263. The van der Waals surface area contributed by atoms with Gasteiger partial charge < -0.3 is 4.12 Å². The van der Waals surface area contributed by atoms with E-state index in [1.54, 1.807) is 36.0 Å². The number of hydrogen-bond acceptors (Lipinski definition) is 13. The molecule has 4 aliphatic rings. The molecule has 4 saturated heterocycles. The van der Waals surface area contributed by atoms with E-state index in [1.165, 1.54) is 56.8 Å². The Labute approximate surface area is 340 Å². The molecule has 0 aromatic heterocycles. The average molecular weight is 851 g/mol. The van der Waals surface area contributed by atoms with E-state index in [-0.39, 0.29) is 36.7 Å². The molecule has 0 N–H and O–H groups in total. The molecule has 2 unspecified atom stereocenters. The molecule has 4 amide bonds. The van der Waals surface area contributed by atoms with Crippen LogP contribution in [0.15, 0.2) is 94.2 Å². The minimum Gasteiger partial charge on any atom is -0.449 e. The fraction of sp³-hybridized carbons (Fsp3) is 0.333. The fourth-order valence-electron chi connectivity index (χ4n) is 6.56. The maximum absolute atomic E-state index is 14.0. The van der Waals surface area contributed by atoms with Gasteiger partial charge in [-0.1, -0.05) is 108 Å². The van der Waals surface area contributed by atoms with Crippen LogP contribution in [0.3, 0.4) is 0 Å². The first-order valence-electron chi connectivity index (χ1n) is 17.3. The Morgan fingerprint density at radius 3 is 1.36 bits per heavy atom. The Balaban J connectivity index is 1.29. The second-order valence-electron chi connectivity index (χ2n) is 13.8. The molecule has 2 atom stereocenters. The SMILES string of the molecule is C=CCN1C(=O)C(c2ccccc2[Si](C)(C)O[Si](C)(C)c2ccccc2C2SC(=NN=C3SCC(=O)N3C)N(CC=C)C2=O)SC1=NN=C1SCC(=O)N1C. The summed E-state index contributed by atoms with van der Waals surface area (Å²) < 4.78 is 7.34. The summed E-state index contributed by atoms with van der Waals surface area (Å²) in [6, 6.07) is 15.9. The third-order valence-corrected chi connectivity index (χ3v) is 21.2. The molecule has 0 bridgehead atoms. The van der Waals surface area contributed by atoms with Crippen LogP contribution < -0.4 is 10.4 Å². The molecule has 13 nitrogen and oxygen atoms in total. The van der Waals surface area contributed by atoms with Gasteiger partial charge in [-0.2, -0.15) is 0 Å². The van der Waals surface area contributed by atoms with Crippen LogP contribution in [0.5, 0.6) is 0 Å². The van der Waals surface area contributed by atoms with Crippen LogP contribution in [-0.4, -0.2) is 119 Å². The van der Waals surface area contributed by atoms with Gasteiger partial charge in [0.1, 0.15) is 10.5 Å². The number of nitrogens with zero attached hydrogens (tertiary/aromatic N) is 8. The third-order valence-electron chi connectivity index (χ3n) is 9.22. The maximum atomic E-state index is 14.0. The Kier molecular flexibility index (Phi) is 12.5. The van der Waals surface area contributed by atoms with E-state index < -0.39 is 27.1 Å². The van der Waals surface area contributed by atoms with Gasteiger partial charge >= 0.3 is 0 Å². The minimum absolute atomic E-state index is 0.0474. The van der Waals surface area contributed by atoms with Crippen molar-refractivity contribution in [2.75, 3.05) is 38.7 Å². The zero-order valence-electron chi connectivity index (χ0n) is 31.4. The first kappa shape index (κ1) is 40.9. The molecular weight excluding hydrogens is 809 g/mol. The summed E-state index contributed by atoms with van der Waals surface area (Å²) in [6.45, 7) is 16.8. The van der Waals surface area contributed by atoms with Gasteiger partial charge in [0.15, 0.2) is 20.7 Å². The van der Waals surface area contributed by atoms with E-state index in [0.29, 0.717) is 32.2 Å². The molecule has 288 valence electrons. The first-order chi connectivity index (χ1) is 26.2. The molecule has 19 heteroatoms. The van der Waals surface area contributed by atoms with Crippen LogP contribution >= 0.6 is 47.0 Å². The zero-order chi connectivity index (χ0) is 39.7. The van der Waals surface area contributed by atoms with Crippen molar-refractivity contribution < 1.29 is 23.3 Å². The normalized spacial score (nSPS) is 23.9. The number of amides is 4. The lowest BCUT2D eigenvalue weighted by Gasteiger charge is -2.37. The van der Waals surface area contributed by atoms with Crippen molar-refractivity contribution in [3.63, 3.8) is 0 Å². The molecule has 4 aliphatic heterocycles. The second-order valence-corrected chi connectivity index (χ2v) is 25.7. The number of thioether (sulfide) groups is 4. The summed E-state index contributed by atoms with van der Waals surface area (Å²) in [5, 5.41) is 20.2. The largest absolute Gasteiger partial charge is 0.449 e. The molecule has 4 fully saturated rings. The Morgan fingerprint density at radius 1 is 0.655 bits per heavy atom. The second kappa shape index (κ2) is 16.8. The highest BCUT2D eigenvalue weighted by Gasteiger charge is 2.46. The topological polar surface area (TPSA) is 140 Å². The van der Waals surface area contributed by atoms with E-state index in [9.17, 15) is 19.2 Å². The van der Waals surface area contributed by atoms with Gasteiger partial charge in [-0.3, -0.25) is 38.8 Å². The molecule has 0 radical (unpaired) electrons. The van der Waals surface area contributed by atoms with Crippen LogP contribution in [0.25, 0.3) is 0 Å². The predicted molar refractivity (Wildman–Crippen MR) is 233 cm³/mol. The Bertz CT molecular complexity index is 1930. The fourth-order valence-corrected chi connectivity index (χ4v) is 19.6. The van der Waals surface area contributed by atoms with Crippen molar-refractivity contribution in [1.82, 2.24) is 19.6 Å². The molecule has 0 aliphatic carbocycles. The molecule has 0 saturated carbocycles. The lowest BCUT2D eigenvalue weighted by molar-refractivity contribution is -0.126. The van der Waals surface area contributed by atoms with Crippen molar-refractivity contribution in [3.8, 4) is 0 Å². The van der Waals surface area contributed by atoms with Crippen molar-refractivity contribution in [2.24, 2.45) is 20.4 Å². The van der Waals surface area contributed by atoms with E-state index >= 15 is 0 Å². The molecule has 6 rings (SSSR count). The molecule has 55 heavy (non-hydrogen) atoms. The first-order valence-corrected chi connectivity index (χ1v) is 26.9. The van der Waals surface area contributed by atoms with E-state index in [1.807, 2.05) is 36.4 Å². The number of rotatable bonds is 12. The number of hydrogen-bond donors (Lipinski definition) is 0. The van der Waals surface area contributed by atoms with Crippen molar-refractivity contribution in [3.05, 3.63) is 85.0 Å². The Hall–Kier alpha value is -3.73. The lowest BCUT2D eigenvalue weighted by Crippen LogP contribution is -2.59. The van der Waals surface area contributed by atoms with Crippen LogP contribution in [-0.2, 0) is 23.3 Å². The third kappa shape index (κ3) is 8.38. The van der Waals surface area contributed by atoms with Crippen molar-refractivity contribution in [2.45, 2.75) is 36.7 Å². The summed E-state index contributed by atoms with van der Waals surface area (Å²) in [4.78, 5) is 58.2. The van der Waals surface area contributed by atoms with Crippen LogP contribution in [0, 0.1) is 0 Å². The number of amidine groups is 4. The highest BCUT2D eigenvalue weighted by Crippen LogP contribution is 2.42. The summed E-state index contributed by atoms with van der Waals surface area (Å²) in [5.41, 5.74) is 1.72. The minimum atomic E-state index is -2.77. The highest BCUT2D eigenvalue weighted by molar-refractivity contribution is 8.16. The van der Waals surface area contributed by atoms with Crippen LogP contribution in [0.1, 0.15) is 21.6 Å². The van der Waals surface area contributed by atoms with Crippen molar-refractivity contribution >= 4 is 118 Å². The van der Waals surface area contributed by atoms with E-state index in [0.717, 1.165) is 21.5 Å². The number of carbonyl (C=O) groups is 4. The molecular formula is C36H42N8O5S4Si2. The monoisotopic (exact) mass is 850 g/mol. The Morgan fingerprint density at radius 2 is 1.02 bits per heavy atom. The average Bonchev–Trinajstić information content (AvgIpc) is 3.86. The van der Waals surface area contributed by atoms with Crippen LogP contribution in [0.2, 0.25) is 26.2 Å². The van der Waals surface area contributed by atoms with E-state index in [4.69, 9.17) is 4.12 Å². The van der Waals surface area contributed by atoms with Gasteiger partial charge in [0.2, 0.25) is 40.3 Å². The highest BCUT2D eigenvalue weighted by atomic mass is 32.2. The summed E-state index contributed by atoms with van der Waals surface area (Å²) in [6.07, 6.45) is 3.31. The number of carbonyl (C=O) groups excluding carboxylic acids is 4. The van der Waals surface area contributed by atoms with Gasteiger partial charge in [-0.25, -0.2) is 0 Å². The van der Waals surface area contributed by atoms with Gasteiger partial charge in [0.05, 0.1) is 11.5 Å². The van der Waals surface area contributed by atoms with Gasteiger partial charge in [0, 0.05) is 27.2 Å². The van der Waals surface area contributed by atoms with Gasteiger partial charge in [0.25, 0.3) is 0 Å². The molecule has 4 heterocycles. The quantitative estimate of drug-likeness (QED) is 0.172. The van der Waals surface area contributed by atoms with Gasteiger partial charge in [-0.15, -0.1) is 33.6 Å². The van der Waals surface area contributed by atoms with Crippen LogP contribution in [0.4, 0.5) is 0 Å². The van der Waals surface area contributed by atoms with Gasteiger partial charge in [-0.05, 0) is 47.7 Å². The standard InChI is InChI=1S/C36H42N8O5S4Si2/c1-9-19-43-31(47)29(52-35(43)39-37-33-41(3)27(45)21-50-33)23-15-11-13-17-25(23)54(5,6)49-55(7,8)26-18-14-12-16-24(26)30-32(48)44(20-10-2)36(53-30)40-38-34-42(4)28(46)22-51-34/h9-18,29-30H,1-2,19-22H2,3-8H3. The lowest BCUT2D eigenvalue weighted by atomic mass is 10.1. The predicted octanol–water partition coefficient (Wildman–Crippen LogP) is 4.50. The molecule has 0 spiro atoms. The molecule has 2 aromatic rings. The van der Waals surface area contributed by atoms with E-state index in [2.05, 4.69) is 71.9 Å². The zero-order valence-corrected chi connectivity index (χ0v) is 36.7. The number of benzene rings is 2. The van der Waals surface area contributed by atoms with Crippen molar-refractivity contribution in [1.29, 1.82) is 0 Å². The smallest absolute Gasteiger partial charge is 0.246 e. The molecule has 2 aromatic carbocycles. The maximum Gasteiger partial charge on any atom is 0.246 e. The summed E-state index contributed by atoms with van der Waals surface area (Å²) >= 11 is 5.28.